The maximum absolute atomic E-state index is 4.19. The number of benzene rings is 2. The lowest BCUT2D eigenvalue weighted by molar-refractivity contribution is 1.21. The lowest BCUT2D eigenvalue weighted by atomic mass is 10.2. The Bertz CT molecular complexity index is 685. The van der Waals surface area contributed by atoms with E-state index in [1.54, 1.807) is 37.2 Å². The zero-order valence-corrected chi connectivity index (χ0v) is 13.0. The standard InChI is InChI=1S/2C10H8N2/c2*1-2-4-9(5-3-1)10-8-11-6-7-12-10/h2*1-8H. The van der Waals surface area contributed by atoms with Gasteiger partial charge in [-0.25, -0.2) is 0 Å². The first-order valence-corrected chi connectivity index (χ1v) is 7.56. The van der Waals surface area contributed by atoms with Crippen LogP contribution in [0.15, 0.2) is 97.8 Å². The number of hydrogen-bond donors (Lipinski definition) is 0. The van der Waals surface area contributed by atoms with Gasteiger partial charge in [0.25, 0.3) is 0 Å². The third-order valence-corrected chi connectivity index (χ3v) is 3.27. The van der Waals surface area contributed by atoms with Gasteiger partial charge in [0.15, 0.2) is 0 Å². The number of aromatic nitrogens is 4. The summed E-state index contributed by atoms with van der Waals surface area (Å²) in [4.78, 5) is 16.4. The van der Waals surface area contributed by atoms with Crippen LogP contribution in [0, 0.1) is 0 Å². The van der Waals surface area contributed by atoms with Crippen molar-refractivity contribution in [3.63, 3.8) is 0 Å². The van der Waals surface area contributed by atoms with Crippen molar-refractivity contribution in [1.82, 2.24) is 19.9 Å². The zero-order chi connectivity index (χ0) is 16.5. The third kappa shape index (κ3) is 4.30. The van der Waals surface area contributed by atoms with Crippen molar-refractivity contribution in [2.24, 2.45) is 0 Å². The van der Waals surface area contributed by atoms with E-state index in [1.165, 1.54) is 0 Å². The molecule has 0 aliphatic heterocycles. The van der Waals surface area contributed by atoms with Crippen LogP contribution in [0.25, 0.3) is 22.5 Å². The maximum atomic E-state index is 4.19. The third-order valence-electron chi connectivity index (χ3n) is 3.27. The first-order valence-electron chi connectivity index (χ1n) is 7.56. The molecule has 0 bridgehead atoms. The molecule has 0 spiro atoms. The van der Waals surface area contributed by atoms with Gasteiger partial charge in [-0.3, -0.25) is 19.9 Å². The summed E-state index contributed by atoms with van der Waals surface area (Å²) in [6.07, 6.45) is 10.3. The van der Waals surface area contributed by atoms with Gasteiger partial charge in [0, 0.05) is 35.9 Å². The molecule has 0 atom stereocenters. The summed E-state index contributed by atoms with van der Waals surface area (Å²) in [5.41, 5.74) is 4.03. The van der Waals surface area contributed by atoms with Crippen molar-refractivity contribution in [1.29, 1.82) is 0 Å². The molecule has 4 nitrogen and oxygen atoms in total. The van der Waals surface area contributed by atoms with Crippen LogP contribution in [-0.4, -0.2) is 19.9 Å². The highest BCUT2D eigenvalue weighted by Crippen LogP contribution is 2.14. The van der Waals surface area contributed by atoms with Gasteiger partial charge in [-0.1, -0.05) is 60.7 Å². The van der Waals surface area contributed by atoms with E-state index < -0.39 is 0 Å². The predicted molar refractivity (Wildman–Crippen MR) is 94.9 cm³/mol. The van der Waals surface area contributed by atoms with Crippen LogP contribution in [-0.2, 0) is 0 Å². The van der Waals surface area contributed by atoms with Crippen LogP contribution in [0.1, 0.15) is 0 Å². The Balaban J connectivity index is 0.000000141. The minimum absolute atomic E-state index is 0.915. The summed E-state index contributed by atoms with van der Waals surface area (Å²) in [5.74, 6) is 0. The molecule has 2 aromatic heterocycles. The Morgan fingerprint density at radius 3 is 1.21 bits per heavy atom. The second kappa shape index (κ2) is 8.29. The fraction of sp³-hybridized carbons (Fsp3) is 0. The topological polar surface area (TPSA) is 51.6 Å². The van der Waals surface area contributed by atoms with Gasteiger partial charge >= 0.3 is 0 Å². The van der Waals surface area contributed by atoms with Gasteiger partial charge in [0.1, 0.15) is 0 Å². The fourth-order valence-electron chi connectivity index (χ4n) is 2.11. The molecule has 2 aromatic carbocycles. The van der Waals surface area contributed by atoms with Crippen LogP contribution in [0.2, 0.25) is 0 Å². The molecule has 0 aliphatic rings. The van der Waals surface area contributed by atoms with Crippen molar-refractivity contribution in [2.75, 3.05) is 0 Å². The molecule has 0 fully saturated rings. The summed E-state index contributed by atoms with van der Waals surface area (Å²) in [5, 5.41) is 0. The normalized spacial score (nSPS) is 9.67. The summed E-state index contributed by atoms with van der Waals surface area (Å²) >= 11 is 0. The molecule has 0 amide bonds. The van der Waals surface area contributed by atoms with Crippen molar-refractivity contribution in [3.8, 4) is 22.5 Å². The van der Waals surface area contributed by atoms with Gasteiger partial charge in [-0.15, -0.1) is 0 Å². The highest BCUT2D eigenvalue weighted by Gasteiger charge is 1.95. The van der Waals surface area contributed by atoms with Crippen molar-refractivity contribution >= 4 is 0 Å². The summed E-state index contributed by atoms with van der Waals surface area (Å²) in [6, 6.07) is 20.0. The van der Waals surface area contributed by atoms with Gasteiger partial charge in [-0.05, 0) is 0 Å². The number of nitrogens with zero attached hydrogens (tertiary/aromatic N) is 4. The van der Waals surface area contributed by atoms with E-state index >= 15 is 0 Å². The van der Waals surface area contributed by atoms with E-state index in [2.05, 4.69) is 19.9 Å². The molecule has 0 aliphatic carbocycles. The lowest BCUT2D eigenvalue weighted by Crippen LogP contribution is -1.82. The molecular weight excluding hydrogens is 296 g/mol. The predicted octanol–water partition coefficient (Wildman–Crippen LogP) is 4.29. The molecule has 0 unspecified atom stereocenters. The minimum atomic E-state index is 0.915. The molecule has 116 valence electrons. The Morgan fingerprint density at radius 2 is 0.875 bits per heavy atom. The average Bonchev–Trinajstić information content (AvgIpc) is 2.71. The van der Waals surface area contributed by atoms with Gasteiger partial charge < -0.3 is 0 Å². The van der Waals surface area contributed by atoms with Gasteiger partial charge in [0.05, 0.1) is 23.8 Å². The molecule has 4 rings (SSSR count). The van der Waals surface area contributed by atoms with Gasteiger partial charge in [-0.2, -0.15) is 0 Å². The minimum Gasteiger partial charge on any atom is -0.261 e. The Hall–Kier alpha value is -3.40. The Kier molecular flexibility index (Phi) is 5.35. The van der Waals surface area contributed by atoms with E-state index in [0.29, 0.717) is 0 Å². The molecule has 4 aromatic rings. The van der Waals surface area contributed by atoms with E-state index in [9.17, 15) is 0 Å². The summed E-state index contributed by atoms with van der Waals surface area (Å²) in [6.45, 7) is 0. The highest BCUT2D eigenvalue weighted by atomic mass is 14.8. The molecule has 4 heteroatoms. The molecule has 0 N–H and O–H groups in total. The maximum Gasteiger partial charge on any atom is 0.0885 e. The Morgan fingerprint density at radius 1 is 0.458 bits per heavy atom. The Labute approximate surface area is 140 Å². The van der Waals surface area contributed by atoms with E-state index in [4.69, 9.17) is 0 Å². The number of hydrogen-bond acceptors (Lipinski definition) is 4. The van der Waals surface area contributed by atoms with Crippen molar-refractivity contribution in [2.45, 2.75) is 0 Å². The van der Waals surface area contributed by atoms with Crippen LogP contribution >= 0.6 is 0 Å². The quantitative estimate of drug-likeness (QED) is 0.554. The molecule has 2 heterocycles. The monoisotopic (exact) mass is 312 g/mol. The molecule has 24 heavy (non-hydrogen) atoms. The molecular formula is C20H16N4. The zero-order valence-electron chi connectivity index (χ0n) is 13.0. The van der Waals surface area contributed by atoms with Gasteiger partial charge in [0.2, 0.25) is 0 Å². The second-order valence-electron chi connectivity index (χ2n) is 4.91. The second-order valence-corrected chi connectivity index (χ2v) is 4.91. The highest BCUT2D eigenvalue weighted by molar-refractivity contribution is 5.57. The van der Waals surface area contributed by atoms with Crippen LogP contribution in [0.3, 0.4) is 0 Å². The van der Waals surface area contributed by atoms with Crippen molar-refractivity contribution in [3.05, 3.63) is 97.8 Å². The molecule has 0 saturated carbocycles. The van der Waals surface area contributed by atoms with Crippen molar-refractivity contribution < 1.29 is 0 Å². The fourth-order valence-corrected chi connectivity index (χ4v) is 2.11. The summed E-state index contributed by atoms with van der Waals surface area (Å²) in [7, 11) is 0. The van der Waals surface area contributed by atoms with Crippen LogP contribution < -0.4 is 0 Å². The lowest BCUT2D eigenvalue weighted by Gasteiger charge is -1.96. The van der Waals surface area contributed by atoms with Crippen LogP contribution in [0.4, 0.5) is 0 Å². The number of rotatable bonds is 2. The van der Waals surface area contributed by atoms with E-state index in [1.807, 2.05) is 60.7 Å². The summed E-state index contributed by atoms with van der Waals surface area (Å²) < 4.78 is 0. The van der Waals surface area contributed by atoms with E-state index in [0.717, 1.165) is 22.5 Å². The molecule has 0 saturated heterocycles. The van der Waals surface area contributed by atoms with Crippen LogP contribution in [0.5, 0.6) is 0 Å². The molecule has 0 radical (unpaired) electrons. The smallest absolute Gasteiger partial charge is 0.0885 e. The first kappa shape index (κ1) is 15.5. The average molecular weight is 312 g/mol. The SMILES string of the molecule is c1ccc(-c2cnccn2)cc1.c1ccc(-c2cnccn2)cc1. The first-order chi connectivity index (χ1) is 11.9. The largest absolute Gasteiger partial charge is 0.261 e. The van der Waals surface area contributed by atoms with E-state index in [-0.39, 0.29) is 0 Å².